The number of rotatable bonds is 4. The van der Waals surface area contributed by atoms with Crippen LogP contribution in [0.5, 0.6) is 5.75 Å². The van der Waals surface area contributed by atoms with E-state index in [0.717, 1.165) is 42.8 Å². The largest absolute Gasteiger partial charge is 0.497 e. The van der Waals surface area contributed by atoms with Gasteiger partial charge in [-0.15, -0.1) is 0 Å². The first-order chi connectivity index (χ1) is 14.1. The molecule has 7 heteroatoms. The van der Waals surface area contributed by atoms with E-state index in [1.54, 1.807) is 13.2 Å². The highest BCUT2D eigenvalue weighted by Crippen LogP contribution is 2.28. The summed E-state index contributed by atoms with van der Waals surface area (Å²) in [6.45, 7) is 2.85. The average molecular weight is 394 g/mol. The zero-order chi connectivity index (χ0) is 20.2. The lowest BCUT2D eigenvalue weighted by Crippen LogP contribution is -2.37. The number of benzene rings is 1. The number of likely N-dealkylation sites (tertiary alicyclic amines) is 1. The summed E-state index contributed by atoms with van der Waals surface area (Å²) in [4.78, 5) is 26.6. The third-order valence-electron chi connectivity index (χ3n) is 5.60. The molecule has 0 aliphatic carbocycles. The van der Waals surface area contributed by atoms with Crippen molar-refractivity contribution in [3.8, 4) is 5.75 Å². The van der Waals surface area contributed by atoms with E-state index in [9.17, 15) is 9.59 Å². The fourth-order valence-electron chi connectivity index (χ4n) is 3.92. The number of aromatic nitrogens is 2. The topological polar surface area (TPSA) is 76.5 Å². The predicted octanol–water partition coefficient (Wildman–Crippen LogP) is 2.44. The summed E-state index contributed by atoms with van der Waals surface area (Å²) in [5.74, 6) is 1.03. The number of piperidine rings is 1. The number of fused-ring (bicyclic) bond motifs is 1. The van der Waals surface area contributed by atoms with E-state index in [1.807, 2.05) is 46.0 Å². The summed E-state index contributed by atoms with van der Waals surface area (Å²) >= 11 is 0. The summed E-state index contributed by atoms with van der Waals surface area (Å²) in [5.41, 5.74) is 2.55. The van der Waals surface area contributed by atoms with Crippen LogP contribution in [0.2, 0.25) is 0 Å². The molecule has 1 aromatic heterocycles. The molecule has 29 heavy (non-hydrogen) atoms. The van der Waals surface area contributed by atoms with E-state index in [1.165, 1.54) is 0 Å². The van der Waals surface area contributed by atoms with Gasteiger partial charge >= 0.3 is 0 Å². The number of hydrogen-bond donors (Lipinski definition) is 1. The lowest BCUT2D eigenvalue weighted by atomic mass is 9.93. The molecule has 152 valence electrons. The number of aryl methyl sites for hydroxylation is 1. The maximum absolute atomic E-state index is 12.5. The molecule has 3 heterocycles. The van der Waals surface area contributed by atoms with E-state index in [0.29, 0.717) is 25.3 Å². The standard InChI is InChI=1S/C22H26N4O3/c1-29-18-5-2-4-16(14-18)6-7-21(27)25-12-8-17(9-13-25)19-15-20-22(28)23-10-3-11-26(20)24-19/h2,4-7,14-15,17H,3,8-13H2,1H3,(H,23,28)/b7-6+. The first-order valence-electron chi connectivity index (χ1n) is 10.1. The van der Waals surface area contributed by atoms with Gasteiger partial charge in [0.2, 0.25) is 5.91 Å². The summed E-state index contributed by atoms with van der Waals surface area (Å²) in [7, 11) is 1.63. The van der Waals surface area contributed by atoms with E-state index in [2.05, 4.69) is 10.4 Å². The lowest BCUT2D eigenvalue weighted by Gasteiger charge is -2.30. The van der Waals surface area contributed by atoms with Gasteiger partial charge in [0.25, 0.3) is 5.91 Å². The Morgan fingerprint density at radius 2 is 2.07 bits per heavy atom. The minimum absolute atomic E-state index is 0.0197. The van der Waals surface area contributed by atoms with Crippen LogP contribution < -0.4 is 10.1 Å². The van der Waals surface area contributed by atoms with Crippen molar-refractivity contribution in [2.24, 2.45) is 0 Å². The molecule has 1 fully saturated rings. The highest BCUT2D eigenvalue weighted by Gasteiger charge is 2.27. The summed E-state index contributed by atoms with van der Waals surface area (Å²) in [6, 6.07) is 9.54. The molecule has 7 nitrogen and oxygen atoms in total. The molecule has 1 saturated heterocycles. The van der Waals surface area contributed by atoms with Crippen LogP contribution in [0.1, 0.15) is 46.9 Å². The SMILES string of the molecule is COc1cccc(/C=C/C(=O)N2CCC(c3cc4n(n3)CCCNC4=O)CC2)c1. The van der Waals surface area contributed by atoms with Crippen molar-refractivity contribution >= 4 is 17.9 Å². The maximum Gasteiger partial charge on any atom is 0.269 e. The highest BCUT2D eigenvalue weighted by atomic mass is 16.5. The van der Waals surface area contributed by atoms with Gasteiger partial charge in [0.1, 0.15) is 11.4 Å². The second kappa shape index (κ2) is 8.51. The van der Waals surface area contributed by atoms with Crippen molar-refractivity contribution in [2.75, 3.05) is 26.7 Å². The van der Waals surface area contributed by atoms with Gasteiger partial charge in [0, 0.05) is 38.2 Å². The van der Waals surface area contributed by atoms with Crippen LogP contribution in [0, 0.1) is 0 Å². The molecule has 2 amide bonds. The number of methoxy groups -OCH3 is 1. The lowest BCUT2D eigenvalue weighted by molar-refractivity contribution is -0.127. The third kappa shape index (κ3) is 4.34. The second-order valence-electron chi connectivity index (χ2n) is 7.50. The van der Waals surface area contributed by atoms with Crippen molar-refractivity contribution in [2.45, 2.75) is 31.7 Å². The van der Waals surface area contributed by atoms with Crippen LogP contribution in [0.3, 0.4) is 0 Å². The van der Waals surface area contributed by atoms with Crippen molar-refractivity contribution in [1.82, 2.24) is 20.0 Å². The van der Waals surface area contributed by atoms with Gasteiger partial charge in [-0.1, -0.05) is 12.1 Å². The van der Waals surface area contributed by atoms with Gasteiger partial charge in [0.05, 0.1) is 12.8 Å². The molecular formula is C22H26N4O3. The van der Waals surface area contributed by atoms with Crippen molar-refractivity contribution in [3.05, 3.63) is 53.4 Å². The molecule has 2 aliphatic heterocycles. The molecule has 1 N–H and O–H groups in total. The molecular weight excluding hydrogens is 368 g/mol. The van der Waals surface area contributed by atoms with E-state index < -0.39 is 0 Å². The van der Waals surface area contributed by atoms with Crippen molar-refractivity contribution in [1.29, 1.82) is 0 Å². The number of carbonyl (C=O) groups is 2. The number of carbonyl (C=O) groups excluding carboxylic acids is 2. The summed E-state index contributed by atoms with van der Waals surface area (Å²) < 4.78 is 7.04. The monoisotopic (exact) mass is 394 g/mol. The van der Waals surface area contributed by atoms with Gasteiger partial charge < -0.3 is 15.0 Å². The highest BCUT2D eigenvalue weighted by molar-refractivity contribution is 5.93. The van der Waals surface area contributed by atoms with Gasteiger partial charge in [0.15, 0.2) is 0 Å². The Morgan fingerprint density at radius 1 is 1.24 bits per heavy atom. The molecule has 0 bridgehead atoms. The first kappa shape index (κ1) is 19.2. The molecule has 0 radical (unpaired) electrons. The minimum atomic E-state index is -0.0449. The molecule has 2 aromatic rings. The number of hydrogen-bond acceptors (Lipinski definition) is 4. The van der Waals surface area contributed by atoms with Crippen LogP contribution >= 0.6 is 0 Å². The zero-order valence-electron chi connectivity index (χ0n) is 16.6. The molecule has 0 unspecified atom stereocenters. The van der Waals surface area contributed by atoms with Gasteiger partial charge in [-0.05, 0) is 49.1 Å². The third-order valence-corrected chi connectivity index (χ3v) is 5.60. The fraction of sp³-hybridized carbons (Fsp3) is 0.409. The Morgan fingerprint density at radius 3 is 2.86 bits per heavy atom. The Bertz CT molecular complexity index is 926. The first-order valence-corrected chi connectivity index (χ1v) is 10.1. The Labute approximate surface area is 170 Å². The van der Waals surface area contributed by atoms with Gasteiger partial charge in [-0.3, -0.25) is 14.3 Å². The van der Waals surface area contributed by atoms with Crippen molar-refractivity contribution in [3.63, 3.8) is 0 Å². The Kier molecular flexibility index (Phi) is 5.64. The van der Waals surface area contributed by atoms with Crippen LogP contribution in [0.4, 0.5) is 0 Å². The second-order valence-corrected chi connectivity index (χ2v) is 7.50. The quantitative estimate of drug-likeness (QED) is 0.808. The average Bonchev–Trinajstić information content (AvgIpc) is 3.12. The number of nitrogens with one attached hydrogen (secondary N) is 1. The van der Waals surface area contributed by atoms with Crippen molar-refractivity contribution < 1.29 is 14.3 Å². The molecule has 1 aromatic carbocycles. The van der Waals surface area contributed by atoms with E-state index in [-0.39, 0.29) is 17.7 Å². The number of amides is 2. The minimum Gasteiger partial charge on any atom is -0.497 e. The van der Waals surface area contributed by atoms with E-state index >= 15 is 0 Å². The molecule has 0 spiro atoms. The molecule has 0 saturated carbocycles. The van der Waals surface area contributed by atoms with Crippen LogP contribution in [-0.4, -0.2) is 53.2 Å². The van der Waals surface area contributed by atoms with Crippen LogP contribution in [0.25, 0.3) is 6.08 Å². The maximum atomic E-state index is 12.5. The number of nitrogens with zero attached hydrogens (tertiary/aromatic N) is 3. The summed E-state index contributed by atoms with van der Waals surface area (Å²) in [6.07, 6.45) is 6.06. The van der Waals surface area contributed by atoms with Gasteiger partial charge in [-0.25, -0.2) is 0 Å². The molecule has 0 atom stereocenters. The fourth-order valence-corrected chi connectivity index (χ4v) is 3.92. The molecule has 2 aliphatic rings. The smallest absolute Gasteiger partial charge is 0.269 e. The van der Waals surface area contributed by atoms with Crippen LogP contribution in [-0.2, 0) is 11.3 Å². The Balaban J connectivity index is 1.35. The zero-order valence-corrected chi connectivity index (χ0v) is 16.6. The van der Waals surface area contributed by atoms with Crippen LogP contribution in [0.15, 0.2) is 36.4 Å². The van der Waals surface area contributed by atoms with E-state index in [4.69, 9.17) is 4.74 Å². The summed E-state index contributed by atoms with van der Waals surface area (Å²) in [5, 5.41) is 7.58. The predicted molar refractivity (Wildman–Crippen MR) is 110 cm³/mol. The molecule has 4 rings (SSSR count). The normalized spacial score (nSPS) is 17.7. The van der Waals surface area contributed by atoms with Gasteiger partial charge in [-0.2, -0.15) is 5.10 Å². The number of ether oxygens (including phenoxy) is 1. The Hall–Kier alpha value is -3.09.